The van der Waals surface area contributed by atoms with E-state index in [1.165, 1.54) is 50.2 Å². The van der Waals surface area contributed by atoms with Crippen molar-refractivity contribution in [3.63, 3.8) is 0 Å². The van der Waals surface area contributed by atoms with Gasteiger partial charge in [-0.05, 0) is 69.3 Å². The lowest BCUT2D eigenvalue weighted by Gasteiger charge is -2.32. The first kappa shape index (κ1) is 22.3. The van der Waals surface area contributed by atoms with Gasteiger partial charge in [-0.2, -0.15) is 0 Å². The molecule has 0 amide bonds. The van der Waals surface area contributed by atoms with Crippen molar-refractivity contribution < 1.29 is 0 Å². The van der Waals surface area contributed by atoms with E-state index < -0.39 is 0 Å². The number of rotatable bonds is 5. The average Bonchev–Trinajstić information content (AvgIpc) is 3.38. The maximum Gasteiger partial charge on any atom is 0.0587 e. The summed E-state index contributed by atoms with van der Waals surface area (Å²) in [6, 6.07) is 54.5. The van der Waals surface area contributed by atoms with Crippen LogP contribution in [0.5, 0.6) is 0 Å². The second-order valence-corrected chi connectivity index (χ2v) is 9.75. The molecule has 0 saturated carbocycles. The third-order valence-electron chi connectivity index (χ3n) is 7.48. The van der Waals surface area contributed by atoms with E-state index in [-0.39, 0.29) is 0 Å². The lowest BCUT2D eigenvalue weighted by atomic mass is 9.87. The van der Waals surface area contributed by atoms with Crippen molar-refractivity contribution in [3.05, 3.63) is 163 Å². The predicted octanol–water partition coefficient (Wildman–Crippen LogP) is 10.1. The Morgan fingerprint density at radius 1 is 0.421 bits per heavy atom. The zero-order chi connectivity index (χ0) is 25.3. The molecule has 7 rings (SSSR count). The summed E-state index contributed by atoms with van der Waals surface area (Å²) < 4.78 is 0. The summed E-state index contributed by atoms with van der Waals surface area (Å²) in [5.41, 5.74) is 13.9. The van der Waals surface area contributed by atoms with Crippen molar-refractivity contribution in [2.75, 3.05) is 4.90 Å². The van der Waals surface area contributed by atoms with E-state index in [9.17, 15) is 0 Å². The molecule has 0 N–H and O–H groups in total. The number of nitrogens with zero attached hydrogens (tertiary/aromatic N) is 1. The van der Waals surface area contributed by atoms with E-state index in [0.717, 1.165) is 17.8 Å². The van der Waals surface area contributed by atoms with Crippen LogP contribution >= 0.6 is 0 Å². The molecule has 38 heavy (non-hydrogen) atoms. The summed E-state index contributed by atoms with van der Waals surface area (Å²) in [6.45, 7) is 0. The molecule has 0 bridgehead atoms. The zero-order valence-electron chi connectivity index (χ0n) is 21.1. The van der Waals surface area contributed by atoms with Crippen LogP contribution in [0, 0.1) is 0 Å². The molecule has 6 aromatic carbocycles. The first-order valence-electron chi connectivity index (χ1n) is 13.2. The van der Waals surface area contributed by atoms with Crippen LogP contribution in [0.2, 0.25) is 0 Å². The molecule has 1 aliphatic rings. The molecular weight excluding hydrogens is 458 g/mol. The monoisotopic (exact) mass is 485 g/mol. The molecule has 0 radical (unpaired) electrons. The van der Waals surface area contributed by atoms with Crippen molar-refractivity contribution in [1.29, 1.82) is 0 Å². The van der Waals surface area contributed by atoms with E-state index >= 15 is 0 Å². The molecular formula is C37H27N. The van der Waals surface area contributed by atoms with Crippen molar-refractivity contribution in [1.82, 2.24) is 0 Å². The predicted molar refractivity (Wildman–Crippen MR) is 160 cm³/mol. The molecule has 6 aromatic rings. The highest BCUT2D eigenvalue weighted by molar-refractivity contribution is 6.03. The number of anilines is 3. The smallest absolute Gasteiger partial charge is 0.0587 e. The number of benzene rings is 6. The second-order valence-electron chi connectivity index (χ2n) is 9.75. The van der Waals surface area contributed by atoms with Crippen LogP contribution < -0.4 is 4.90 Å². The Hall–Kier alpha value is -4.88. The first-order valence-corrected chi connectivity index (χ1v) is 13.2. The van der Waals surface area contributed by atoms with Crippen LogP contribution in [0.4, 0.5) is 17.1 Å². The summed E-state index contributed by atoms with van der Waals surface area (Å²) >= 11 is 0. The largest absolute Gasteiger partial charge is 0.310 e. The van der Waals surface area contributed by atoms with Crippen LogP contribution in [-0.4, -0.2) is 0 Å². The highest BCUT2D eigenvalue weighted by Crippen LogP contribution is 2.53. The van der Waals surface area contributed by atoms with Crippen LogP contribution in [0.15, 0.2) is 152 Å². The third-order valence-corrected chi connectivity index (χ3v) is 7.48. The Balaban J connectivity index is 1.65. The first-order chi connectivity index (χ1) is 18.9. The number of fused-ring (bicyclic) bond motifs is 3. The highest BCUT2D eigenvalue weighted by atomic mass is 15.1. The molecule has 1 nitrogen and oxygen atoms in total. The Labute approximate surface area is 224 Å². The Morgan fingerprint density at radius 2 is 0.921 bits per heavy atom. The topological polar surface area (TPSA) is 3.24 Å². The third kappa shape index (κ3) is 3.81. The molecule has 180 valence electrons. The number of para-hydroxylation sites is 2. The van der Waals surface area contributed by atoms with Gasteiger partial charge in [0.15, 0.2) is 0 Å². The van der Waals surface area contributed by atoms with Crippen LogP contribution in [-0.2, 0) is 6.42 Å². The second kappa shape index (κ2) is 9.53. The molecule has 0 heterocycles. The molecule has 0 unspecified atom stereocenters. The molecule has 0 aromatic heterocycles. The van der Waals surface area contributed by atoms with Gasteiger partial charge in [0.05, 0.1) is 5.69 Å². The lowest BCUT2D eigenvalue weighted by molar-refractivity contribution is 1.20. The molecule has 0 saturated heterocycles. The van der Waals surface area contributed by atoms with Gasteiger partial charge in [-0.25, -0.2) is 0 Å². The summed E-state index contributed by atoms with van der Waals surface area (Å²) in [5.74, 6) is 0. The SMILES string of the molecule is c1ccc(-c2cc3c(c(N(c4ccccc4)c4ccccc4)c2-c2ccccc2)Cc2ccccc2-3)cc1. The number of hydrogen-bond donors (Lipinski definition) is 0. The van der Waals surface area contributed by atoms with Gasteiger partial charge in [-0.3, -0.25) is 0 Å². The van der Waals surface area contributed by atoms with E-state index in [1.54, 1.807) is 0 Å². The fourth-order valence-corrected chi connectivity index (χ4v) is 5.81. The fraction of sp³-hybridized carbons (Fsp3) is 0.0270. The zero-order valence-corrected chi connectivity index (χ0v) is 21.1. The summed E-state index contributed by atoms with van der Waals surface area (Å²) in [6.07, 6.45) is 0.909. The maximum absolute atomic E-state index is 2.46. The van der Waals surface area contributed by atoms with Gasteiger partial charge in [-0.1, -0.05) is 121 Å². The fourth-order valence-electron chi connectivity index (χ4n) is 5.81. The minimum absolute atomic E-state index is 0.909. The van der Waals surface area contributed by atoms with Gasteiger partial charge in [-0.15, -0.1) is 0 Å². The maximum atomic E-state index is 2.46. The summed E-state index contributed by atoms with van der Waals surface area (Å²) in [5, 5.41) is 0. The average molecular weight is 486 g/mol. The number of hydrogen-bond acceptors (Lipinski definition) is 1. The Kier molecular flexibility index (Phi) is 5.60. The van der Waals surface area contributed by atoms with E-state index in [4.69, 9.17) is 0 Å². The molecule has 0 aliphatic heterocycles. The summed E-state index contributed by atoms with van der Waals surface area (Å²) in [7, 11) is 0. The Bertz CT molecular complexity index is 1670. The van der Waals surface area contributed by atoms with Gasteiger partial charge >= 0.3 is 0 Å². The normalized spacial score (nSPS) is 11.6. The Morgan fingerprint density at radius 3 is 1.53 bits per heavy atom. The molecule has 1 heteroatoms. The van der Waals surface area contributed by atoms with E-state index in [0.29, 0.717) is 0 Å². The van der Waals surface area contributed by atoms with Crippen LogP contribution in [0.1, 0.15) is 11.1 Å². The quantitative estimate of drug-likeness (QED) is 0.234. The molecule has 0 atom stereocenters. The van der Waals surface area contributed by atoms with Crippen LogP contribution in [0.25, 0.3) is 33.4 Å². The lowest BCUT2D eigenvalue weighted by Crippen LogP contribution is -2.14. The van der Waals surface area contributed by atoms with Gasteiger partial charge < -0.3 is 4.90 Å². The molecule has 1 aliphatic carbocycles. The van der Waals surface area contributed by atoms with Gasteiger partial charge in [0.25, 0.3) is 0 Å². The van der Waals surface area contributed by atoms with Crippen molar-refractivity contribution in [2.24, 2.45) is 0 Å². The van der Waals surface area contributed by atoms with Gasteiger partial charge in [0, 0.05) is 23.4 Å². The van der Waals surface area contributed by atoms with Crippen LogP contribution in [0.3, 0.4) is 0 Å². The van der Waals surface area contributed by atoms with Gasteiger partial charge in [0.2, 0.25) is 0 Å². The minimum Gasteiger partial charge on any atom is -0.310 e. The highest BCUT2D eigenvalue weighted by Gasteiger charge is 2.30. The van der Waals surface area contributed by atoms with E-state index in [1.807, 2.05) is 0 Å². The molecule has 0 spiro atoms. The van der Waals surface area contributed by atoms with Gasteiger partial charge in [0.1, 0.15) is 0 Å². The van der Waals surface area contributed by atoms with E-state index in [2.05, 4.69) is 157 Å². The summed E-state index contributed by atoms with van der Waals surface area (Å²) in [4.78, 5) is 2.46. The minimum atomic E-state index is 0.909. The molecule has 0 fully saturated rings. The standard InChI is InChI=1S/C37H27N/c1-5-15-27(16-6-1)33-26-34-32-24-14-13-19-29(32)25-35(34)37(36(33)28-17-7-2-8-18-28)38(30-20-9-3-10-21-30)31-22-11-4-12-23-31/h1-24,26H,25H2. The van der Waals surface area contributed by atoms with Crippen molar-refractivity contribution in [2.45, 2.75) is 6.42 Å². The van der Waals surface area contributed by atoms with Crippen molar-refractivity contribution >= 4 is 17.1 Å². The van der Waals surface area contributed by atoms with Crippen molar-refractivity contribution in [3.8, 4) is 33.4 Å².